The lowest BCUT2D eigenvalue weighted by atomic mass is 9.83. The summed E-state index contributed by atoms with van der Waals surface area (Å²) in [6, 6.07) is 0. The van der Waals surface area contributed by atoms with Crippen LogP contribution in [0.5, 0.6) is 0 Å². The van der Waals surface area contributed by atoms with Gasteiger partial charge >= 0.3 is 7.12 Å². The first-order valence-electron chi connectivity index (χ1n) is 14.9. The minimum Gasteiger partial charge on any atom is -0.423 e. The zero-order valence-electron chi connectivity index (χ0n) is 25.7. The number of aromatic nitrogens is 6. The molecule has 2 aliphatic heterocycles. The zero-order chi connectivity index (χ0) is 34.6. The first-order valence-corrected chi connectivity index (χ1v) is 16.1. The largest absolute Gasteiger partial charge is 0.491 e. The van der Waals surface area contributed by atoms with Crippen LogP contribution in [-0.2, 0) is 9.59 Å². The number of carbonyl (C=O) groups is 2. The van der Waals surface area contributed by atoms with Crippen LogP contribution >= 0.6 is 34.8 Å². The second-order valence-corrected chi connectivity index (χ2v) is 12.2. The second kappa shape index (κ2) is 17.8. The van der Waals surface area contributed by atoms with E-state index in [1.54, 1.807) is 37.2 Å². The van der Waals surface area contributed by atoms with E-state index in [1.165, 1.54) is 25.0 Å². The maximum atomic E-state index is 11.3. The number of amides is 2. The molecule has 0 aliphatic carbocycles. The number of hydrogen-bond acceptors (Lipinski definition) is 12. The highest BCUT2D eigenvalue weighted by molar-refractivity contribution is 6.58. The van der Waals surface area contributed by atoms with Gasteiger partial charge in [0, 0.05) is 104 Å². The van der Waals surface area contributed by atoms with Crippen molar-refractivity contribution in [2.45, 2.75) is 25.7 Å². The molecule has 0 saturated carbocycles. The summed E-state index contributed by atoms with van der Waals surface area (Å²) in [5.41, 5.74) is 14.5. The number of carbonyl (C=O) groups excluding carboxylic acids is 2. The quantitative estimate of drug-likeness (QED) is 0.212. The van der Waals surface area contributed by atoms with Crippen molar-refractivity contribution in [2.75, 3.05) is 36.0 Å². The molecule has 4 aromatic rings. The Morgan fingerprint density at radius 2 is 1.02 bits per heavy atom. The number of rotatable bonds is 6. The van der Waals surface area contributed by atoms with Crippen LogP contribution in [0.2, 0.25) is 15.1 Å². The Bertz CT molecular complexity index is 1630. The third kappa shape index (κ3) is 9.94. The Morgan fingerprint density at radius 3 is 1.44 bits per heavy atom. The van der Waals surface area contributed by atoms with Gasteiger partial charge in [-0.05, 0) is 25.7 Å². The number of piperidine rings is 2. The lowest BCUT2D eigenvalue weighted by molar-refractivity contribution is -0.123. The third-order valence-electron chi connectivity index (χ3n) is 7.88. The van der Waals surface area contributed by atoms with Crippen LogP contribution in [-0.4, -0.2) is 85.1 Å². The van der Waals surface area contributed by atoms with Crippen molar-refractivity contribution >= 4 is 70.6 Å². The highest BCUT2D eigenvalue weighted by Crippen LogP contribution is 2.38. The topological polar surface area (TPSA) is 210 Å². The number of pyridine rings is 2. The molecule has 2 fully saturated rings. The molecule has 2 amide bonds. The van der Waals surface area contributed by atoms with Gasteiger partial charge in [0.15, 0.2) is 0 Å². The van der Waals surface area contributed by atoms with E-state index in [1.807, 2.05) is 0 Å². The van der Waals surface area contributed by atoms with Gasteiger partial charge in [0.05, 0.1) is 26.4 Å². The Labute approximate surface area is 292 Å². The molecule has 2 aliphatic rings. The second-order valence-electron chi connectivity index (χ2n) is 11.0. The predicted octanol–water partition coefficient (Wildman–Crippen LogP) is 2.14. The average molecular weight is 716 g/mol. The molecule has 252 valence electrons. The van der Waals surface area contributed by atoms with Crippen LogP contribution in [0.15, 0.2) is 62.2 Å². The number of nitrogens with zero attached hydrogens (tertiary/aromatic N) is 8. The lowest BCUT2D eigenvalue weighted by Crippen LogP contribution is -2.38. The standard InChI is InChI=1S/C15H16ClN5O.C11H13Cl2N3O.C4H5BN2O2/c16-13-8-18-7-12(11-5-19-9-20-6-11)14(13)21-3-1-10(2-4-21)15(17)22;12-8-5-15-6-9(13)10(8)16-3-1-7(2-4-16)11(14)17;8-5(9)4-1-6-3-7-2-4/h5-10H,1-4H2,(H2,17,22);5-7H,1-4H2,(H2,14,17);1-3,8-9H. The molecule has 48 heavy (non-hydrogen) atoms. The van der Waals surface area contributed by atoms with Crippen LogP contribution in [0.3, 0.4) is 0 Å². The van der Waals surface area contributed by atoms with Gasteiger partial charge in [0.2, 0.25) is 11.8 Å². The summed E-state index contributed by atoms with van der Waals surface area (Å²) in [5.74, 6) is -0.542. The summed E-state index contributed by atoms with van der Waals surface area (Å²) in [5, 5.41) is 18.7. The highest BCUT2D eigenvalue weighted by Gasteiger charge is 2.27. The molecule has 2 saturated heterocycles. The number of halogens is 3. The van der Waals surface area contributed by atoms with E-state index in [0.29, 0.717) is 20.5 Å². The Balaban J connectivity index is 0.000000177. The van der Waals surface area contributed by atoms with E-state index < -0.39 is 7.12 Å². The van der Waals surface area contributed by atoms with Crippen molar-refractivity contribution in [1.29, 1.82) is 0 Å². The van der Waals surface area contributed by atoms with Crippen molar-refractivity contribution in [3.63, 3.8) is 0 Å². The zero-order valence-corrected chi connectivity index (χ0v) is 28.0. The Kier molecular flexibility index (Phi) is 13.6. The van der Waals surface area contributed by atoms with Gasteiger partial charge < -0.3 is 31.3 Å². The van der Waals surface area contributed by atoms with Gasteiger partial charge in [0.25, 0.3) is 0 Å². The molecule has 4 aromatic heterocycles. The molecule has 6 rings (SSSR count). The first kappa shape index (κ1) is 36.7. The van der Waals surface area contributed by atoms with Crippen molar-refractivity contribution in [1.82, 2.24) is 29.9 Å². The van der Waals surface area contributed by atoms with Crippen LogP contribution < -0.4 is 26.7 Å². The van der Waals surface area contributed by atoms with E-state index in [4.69, 9.17) is 56.3 Å². The summed E-state index contributed by atoms with van der Waals surface area (Å²) in [4.78, 5) is 50.0. The van der Waals surface area contributed by atoms with Gasteiger partial charge in [-0.15, -0.1) is 0 Å². The van der Waals surface area contributed by atoms with Crippen LogP contribution in [0.25, 0.3) is 11.1 Å². The minimum absolute atomic E-state index is 0.0364. The monoisotopic (exact) mass is 714 g/mol. The summed E-state index contributed by atoms with van der Waals surface area (Å²) < 4.78 is 0. The summed E-state index contributed by atoms with van der Waals surface area (Å²) in [6.45, 7) is 2.93. The fourth-order valence-electron chi connectivity index (χ4n) is 5.32. The highest BCUT2D eigenvalue weighted by atomic mass is 35.5. The lowest BCUT2D eigenvalue weighted by Gasteiger charge is -2.34. The Morgan fingerprint density at radius 1 is 0.625 bits per heavy atom. The number of hydrogen-bond donors (Lipinski definition) is 4. The van der Waals surface area contributed by atoms with Crippen molar-refractivity contribution in [2.24, 2.45) is 23.3 Å². The predicted molar refractivity (Wildman–Crippen MR) is 185 cm³/mol. The molecule has 6 heterocycles. The van der Waals surface area contributed by atoms with Gasteiger partial charge in [0.1, 0.15) is 12.7 Å². The van der Waals surface area contributed by atoms with Gasteiger partial charge in [-0.3, -0.25) is 19.6 Å². The molecule has 18 heteroatoms. The molecule has 0 bridgehead atoms. The molecule has 0 spiro atoms. The fraction of sp³-hybridized carbons (Fsp3) is 0.333. The van der Waals surface area contributed by atoms with Gasteiger partial charge in [-0.25, -0.2) is 19.9 Å². The molecule has 14 nitrogen and oxygen atoms in total. The van der Waals surface area contributed by atoms with Crippen molar-refractivity contribution < 1.29 is 19.6 Å². The normalized spacial score (nSPS) is 15.0. The molecular formula is C30H34BCl3N10O4. The average Bonchev–Trinajstić information content (AvgIpc) is 3.10. The van der Waals surface area contributed by atoms with E-state index in [-0.39, 0.29) is 23.7 Å². The maximum Gasteiger partial charge on any atom is 0.491 e. The van der Waals surface area contributed by atoms with Crippen LogP contribution in [0.4, 0.5) is 11.4 Å². The first-order chi connectivity index (χ1) is 23.1. The number of anilines is 2. The molecular weight excluding hydrogens is 682 g/mol. The van der Waals surface area contributed by atoms with Gasteiger partial charge in [-0.2, -0.15) is 0 Å². The van der Waals surface area contributed by atoms with E-state index in [9.17, 15) is 9.59 Å². The molecule has 0 unspecified atom stereocenters. The Hall–Kier alpha value is -4.15. The molecule has 6 N–H and O–H groups in total. The molecule has 0 atom stereocenters. The summed E-state index contributed by atoms with van der Waals surface area (Å²) in [7, 11) is -1.47. The van der Waals surface area contributed by atoms with Crippen LogP contribution in [0.1, 0.15) is 25.7 Å². The maximum absolute atomic E-state index is 11.3. The number of primary amides is 2. The van der Waals surface area contributed by atoms with E-state index >= 15 is 0 Å². The SMILES string of the molecule is NC(=O)C1CCN(c2c(Cl)cncc2-c2cncnc2)CC1.NC(=O)C1CCN(c2c(Cl)cncc2Cl)CC1.OB(O)c1cncnc1. The van der Waals surface area contributed by atoms with Crippen LogP contribution in [0, 0.1) is 11.8 Å². The molecule has 0 radical (unpaired) electrons. The van der Waals surface area contributed by atoms with Gasteiger partial charge in [-0.1, -0.05) is 34.8 Å². The van der Waals surface area contributed by atoms with Crippen molar-refractivity contribution in [3.8, 4) is 11.1 Å². The van der Waals surface area contributed by atoms with E-state index in [2.05, 4.69) is 39.7 Å². The number of nitrogens with two attached hydrogens (primary N) is 2. The fourth-order valence-corrected chi connectivity index (χ4v) is 6.21. The van der Waals surface area contributed by atoms with Crippen molar-refractivity contribution in [3.05, 3.63) is 77.3 Å². The molecule has 0 aromatic carbocycles. The smallest absolute Gasteiger partial charge is 0.423 e. The minimum atomic E-state index is -1.47. The third-order valence-corrected chi connectivity index (χ3v) is 8.71. The summed E-state index contributed by atoms with van der Waals surface area (Å²) >= 11 is 18.5. The van der Waals surface area contributed by atoms with E-state index in [0.717, 1.165) is 74.4 Å². The summed E-state index contributed by atoms with van der Waals surface area (Å²) in [6.07, 6.45) is 18.5.